The van der Waals surface area contributed by atoms with E-state index in [-0.39, 0.29) is 5.91 Å². The molecule has 1 aromatic heterocycles. The third-order valence-corrected chi connectivity index (χ3v) is 4.80. The zero-order valence-corrected chi connectivity index (χ0v) is 13.6. The Bertz CT molecular complexity index is 606. The Kier molecular flexibility index (Phi) is 4.42. The smallest absolute Gasteiger partial charge is 0.253 e. The van der Waals surface area contributed by atoms with Gasteiger partial charge in [0.15, 0.2) is 0 Å². The summed E-state index contributed by atoms with van der Waals surface area (Å²) in [4.78, 5) is 15.3. The molecule has 2 rings (SSSR count). The first-order chi connectivity index (χ1) is 8.97. The second-order valence-corrected chi connectivity index (χ2v) is 6.60. The van der Waals surface area contributed by atoms with Crippen LogP contribution in [0.1, 0.15) is 26.4 Å². The van der Waals surface area contributed by atoms with E-state index in [1.54, 1.807) is 16.2 Å². The van der Waals surface area contributed by atoms with Crippen LogP contribution in [0.15, 0.2) is 34.1 Å². The average Bonchev–Trinajstić information content (AvgIpc) is 2.77. The summed E-state index contributed by atoms with van der Waals surface area (Å²) in [6, 6.07) is 7.90. The third-order valence-electron chi connectivity index (χ3n) is 3.12. The molecule has 0 radical (unpaired) electrons. The van der Waals surface area contributed by atoms with Crippen LogP contribution in [0.2, 0.25) is 0 Å². The van der Waals surface area contributed by atoms with Crippen LogP contribution in [0.4, 0.5) is 0 Å². The normalized spacial score (nSPS) is 10.5. The summed E-state index contributed by atoms with van der Waals surface area (Å²) in [5.74, 6) is 0.0626. The largest absolute Gasteiger partial charge is 0.337 e. The predicted molar refractivity (Wildman–Crippen MR) is 83.7 cm³/mol. The van der Waals surface area contributed by atoms with E-state index in [0.29, 0.717) is 6.54 Å². The highest BCUT2D eigenvalue weighted by molar-refractivity contribution is 9.10. The molecule has 4 heteroatoms. The third kappa shape index (κ3) is 3.45. The lowest BCUT2D eigenvalue weighted by atomic mass is 10.1. The Hall–Kier alpha value is -1.13. The zero-order chi connectivity index (χ0) is 14.0. The fourth-order valence-corrected chi connectivity index (χ4v) is 3.34. The minimum absolute atomic E-state index is 0.0626. The van der Waals surface area contributed by atoms with Crippen LogP contribution in [0, 0.1) is 13.8 Å². The number of rotatable bonds is 3. The molecule has 1 amide bonds. The monoisotopic (exact) mass is 337 g/mol. The molecule has 0 fully saturated rings. The van der Waals surface area contributed by atoms with Gasteiger partial charge in [0.2, 0.25) is 0 Å². The van der Waals surface area contributed by atoms with Crippen molar-refractivity contribution in [1.29, 1.82) is 0 Å². The number of benzene rings is 1. The summed E-state index contributed by atoms with van der Waals surface area (Å²) >= 11 is 5.08. The van der Waals surface area contributed by atoms with Gasteiger partial charge in [-0.15, -0.1) is 11.3 Å². The molecule has 0 unspecified atom stereocenters. The fraction of sp³-hybridized carbons (Fsp3) is 0.267. The number of thiophene rings is 1. The van der Waals surface area contributed by atoms with E-state index in [2.05, 4.69) is 28.9 Å². The molecule has 0 saturated heterocycles. The first-order valence-electron chi connectivity index (χ1n) is 6.03. The number of carbonyl (C=O) groups is 1. The number of amides is 1. The van der Waals surface area contributed by atoms with Crippen molar-refractivity contribution in [3.63, 3.8) is 0 Å². The molecule has 0 atom stereocenters. The maximum absolute atomic E-state index is 12.3. The maximum atomic E-state index is 12.3. The van der Waals surface area contributed by atoms with Crippen molar-refractivity contribution in [2.75, 3.05) is 7.05 Å². The lowest BCUT2D eigenvalue weighted by molar-refractivity contribution is 0.0786. The van der Waals surface area contributed by atoms with Crippen LogP contribution in [0.3, 0.4) is 0 Å². The molecule has 100 valence electrons. The molecule has 19 heavy (non-hydrogen) atoms. The van der Waals surface area contributed by atoms with Crippen LogP contribution in [0.25, 0.3) is 0 Å². The standard InChI is InChI=1S/C15H16BrNOS/c1-10-4-5-12(6-11(10)2)15(18)17(3)8-14-7-13(16)9-19-14/h4-7,9H,8H2,1-3H3. The highest BCUT2D eigenvalue weighted by Gasteiger charge is 2.13. The minimum atomic E-state index is 0.0626. The Morgan fingerprint density at radius 1 is 1.26 bits per heavy atom. The average molecular weight is 338 g/mol. The van der Waals surface area contributed by atoms with Crippen molar-refractivity contribution in [3.05, 3.63) is 55.7 Å². The van der Waals surface area contributed by atoms with Crippen molar-refractivity contribution in [3.8, 4) is 0 Å². The van der Waals surface area contributed by atoms with Crippen LogP contribution < -0.4 is 0 Å². The van der Waals surface area contributed by atoms with E-state index in [1.165, 1.54) is 10.4 Å². The van der Waals surface area contributed by atoms with Gasteiger partial charge in [-0.25, -0.2) is 0 Å². The van der Waals surface area contributed by atoms with Crippen LogP contribution >= 0.6 is 27.3 Å². The van der Waals surface area contributed by atoms with Crippen LogP contribution in [-0.2, 0) is 6.54 Å². The summed E-state index contributed by atoms with van der Waals surface area (Å²) < 4.78 is 1.07. The Morgan fingerprint density at radius 2 is 2.00 bits per heavy atom. The Labute approximate surface area is 126 Å². The van der Waals surface area contributed by atoms with Gasteiger partial charge in [-0.3, -0.25) is 4.79 Å². The fourth-order valence-electron chi connectivity index (χ4n) is 1.84. The Balaban J connectivity index is 2.12. The number of hydrogen-bond acceptors (Lipinski definition) is 2. The van der Waals surface area contributed by atoms with Crippen molar-refractivity contribution in [1.82, 2.24) is 4.90 Å². The molecule has 0 saturated carbocycles. The molecule has 0 aliphatic carbocycles. The lowest BCUT2D eigenvalue weighted by Crippen LogP contribution is -2.25. The molecule has 0 bridgehead atoms. The van der Waals surface area contributed by atoms with Crippen LogP contribution in [-0.4, -0.2) is 17.9 Å². The highest BCUT2D eigenvalue weighted by Crippen LogP contribution is 2.21. The van der Waals surface area contributed by atoms with Gasteiger partial charge < -0.3 is 4.90 Å². The summed E-state index contributed by atoms with van der Waals surface area (Å²) in [6.45, 7) is 4.72. The summed E-state index contributed by atoms with van der Waals surface area (Å²) in [5, 5.41) is 2.03. The van der Waals surface area contributed by atoms with E-state index < -0.39 is 0 Å². The molecule has 2 nitrogen and oxygen atoms in total. The topological polar surface area (TPSA) is 20.3 Å². The van der Waals surface area contributed by atoms with Gasteiger partial charge in [0.05, 0.1) is 6.54 Å². The van der Waals surface area contributed by atoms with Crippen LogP contribution in [0.5, 0.6) is 0 Å². The Morgan fingerprint density at radius 3 is 2.58 bits per heavy atom. The molecule has 0 N–H and O–H groups in total. The number of carbonyl (C=O) groups excluding carboxylic acids is 1. The number of nitrogens with zero attached hydrogens (tertiary/aromatic N) is 1. The SMILES string of the molecule is Cc1ccc(C(=O)N(C)Cc2cc(Br)cs2)cc1C. The van der Waals surface area contributed by atoms with Crippen molar-refractivity contribution in [2.45, 2.75) is 20.4 Å². The van der Waals surface area contributed by atoms with E-state index in [9.17, 15) is 4.79 Å². The van der Waals surface area contributed by atoms with Gasteiger partial charge >= 0.3 is 0 Å². The molecular weight excluding hydrogens is 322 g/mol. The summed E-state index contributed by atoms with van der Waals surface area (Å²) in [6.07, 6.45) is 0. The van der Waals surface area contributed by atoms with Crippen molar-refractivity contribution in [2.24, 2.45) is 0 Å². The van der Waals surface area contributed by atoms with E-state index >= 15 is 0 Å². The van der Waals surface area contributed by atoms with Gasteiger partial charge in [0, 0.05) is 27.3 Å². The predicted octanol–water partition coefficient (Wildman–Crippen LogP) is 4.40. The summed E-state index contributed by atoms with van der Waals surface area (Å²) in [7, 11) is 1.84. The van der Waals surface area contributed by atoms with Gasteiger partial charge in [0.1, 0.15) is 0 Å². The maximum Gasteiger partial charge on any atom is 0.253 e. The molecule has 0 aliphatic rings. The first-order valence-corrected chi connectivity index (χ1v) is 7.70. The van der Waals surface area contributed by atoms with Gasteiger partial charge in [-0.2, -0.15) is 0 Å². The van der Waals surface area contributed by atoms with Crippen molar-refractivity contribution >= 4 is 33.2 Å². The summed E-state index contributed by atoms with van der Waals surface area (Å²) in [5.41, 5.74) is 3.11. The zero-order valence-electron chi connectivity index (χ0n) is 11.2. The first kappa shape index (κ1) is 14.3. The highest BCUT2D eigenvalue weighted by atomic mass is 79.9. The van der Waals surface area contributed by atoms with Crippen molar-refractivity contribution < 1.29 is 4.79 Å². The second kappa shape index (κ2) is 5.88. The second-order valence-electron chi connectivity index (χ2n) is 4.69. The quantitative estimate of drug-likeness (QED) is 0.812. The molecule has 2 aromatic rings. The molecule has 1 aromatic carbocycles. The molecular formula is C15H16BrNOS. The van der Waals surface area contributed by atoms with Gasteiger partial charge in [0.25, 0.3) is 5.91 Å². The molecule has 0 spiro atoms. The number of aryl methyl sites for hydroxylation is 2. The lowest BCUT2D eigenvalue weighted by Gasteiger charge is -2.17. The van der Waals surface area contributed by atoms with E-state index in [4.69, 9.17) is 0 Å². The van der Waals surface area contributed by atoms with E-state index in [0.717, 1.165) is 15.6 Å². The molecule has 1 heterocycles. The van der Waals surface area contributed by atoms with Gasteiger partial charge in [-0.05, 0) is 59.1 Å². The molecule has 0 aliphatic heterocycles. The minimum Gasteiger partial charge on any atom is -0.337 e. The van der Waals surface area contributed by atoms with Gasteiger partial charge in [-0.1, -0.05) is 6.07 Å². The van der Waals surface area contributed by atoms with E-state index in [1.807, 2.05) is 37.6 Å². The number of halogens is 1. The number of hydrogen-bond donors (Lipinski definition) is 0.